The fourth-order valence-corrected chi connectivity index (χ4v) is 2.62. The van der Waals surface area contributed by atoms with E-state index in [-0.39, 0.29) is 25.5 Å². The maximum Gasteiger partial charge on any atom is 0.305 e. The minimum atomic E-state index is -0.965. The molecule has 1 saturated heterocycles. The van der Waals surface area contributed by atoms with Gasteiger partial charge in [-0.3, -0.25) is 9.59 Å². The van der Waals surface area contributed by atoms with Crippen LogP contribution in [0, 0.1) is 0 Å². The van der Waals surface area contributed by atoms with E-state index in [9.17, 15) is 9.59 Å². The zero-order chi connectivity index (χ0) is 15.3. The number of ether oxygens (including phenoxy) is 2. The average molecular weight is 358 g/mol. The number of carboxylic acids is 1. The molecule has 0 saturated carbocycles. The van der Waals surface area contributed by atoms with Crippen LogP contribution in [-0.4, -0.2) is 42.3 Å². The number of benzene rings is 1. The monoisotopic (exact) mass is 357 g/mol. The average Bonchev–Trinajstić information content (AvgIpc) is 2.85. The molecule has 1 unspecified atom stereocenters. The molecule has 2 N–H and O–H groups in total. The van der Waals surface area contributed by atoms with Gasteiger partial charge in [0.1, 0.15) is 5.75 Å². The highest BCUT2D eigenvalue weighted by atomic mass is 79.9. The summed E-state index contributed by atoms with van der Waals surface area (Å²) < 4.78 is 11.4. The molecule has 0 radical (unpaired) electrons. The minimum absolute atomic E-state index is 0.159. The lowest BCUT2D eigenvalue weighted by Crippen LogP contribution is -2.51. The predicted octanol–water partition coefficient (Wildman–Crippen LogP) is 1.58. The van der Waals surface area contributed by atoms with Crippen LogP contribution in [-0.2, 0) is 14.3 Å². The summed E-state index contributed by atoms with van der Waals surface area (Å²) in [5, 5.41) is 11.7. The Hall–Kier alpha value is -1.60. The highest BCUT2D eigenvalue weighted by Gasteiger charge is 2.38. The van der Waals surface area contributed by atoms with Crippen molar-refractivity contribution in [2.24, 2.45) is 0 Å². The molecular weight excluding hydrogens is 342 g/mol. The molecule has 7 heteroatoms. The van der Waals surface area contributed by atoms with Gasteiger partial charge in [-0.05, 0) is 34.5 Å². The van der Waals surface area contributed by atoms with Crippen molar-refractivity contribution in [2.45, 2.75) is 18.4 Å². The molecule has 1 atom stereocenters. The molecule has 114 valence electrons. The van der Waals surface area contributed by atoms with Gasteiger partial charge in [-0.2, -0.15) is 0 Å². The van der Waals surface area contributed by atoms with Crippen LogP contribution in [0.1, 0.15) is 12.8 Å². The van der Waals surface area contributed by atoms with Gasteiger partial charge in [-0.15, -0.1) is 0 Å². The Morgan fingerprint density at radius 2 is 2.19 bits per heavy atom. The van der Waals surface area contributed by atoms with Gasteiger partial charge >= 0.3 is 5.97 Å². The molecule has 6 nitrogen and oxygen atoms in total. The van der Waals surface area contributed by atoms with E-state index < -0.39 is 11.5 Å². The number of nitrogens with one attached hydrogen (secondary N) is 1. The second-order valence-electron chi connectivity index (χ2n) is 4.92. The molecule has 1 aliphatic heterocycles. The minimum Gasteiger partial charge on any atom is -0.483 e. The van der Waals surface area contributed by atoms with Gasteiger partial charge in [-0.25, -0.2) is 0 Å². The summed E-state index contributed by atoms with van der Waals surface area (Å²) in [6.07, 6.45) is 0.327. The fraction of sp³-hybridized carbons (Fsp3) is 0.429. The standard InChI is InChI=1S/C14H16BrNO5/c15-10-3-1-2-4-11(10)21-8-12(17)16-14(7-13(18)19)5-6-20-9-14/h1-4H,5-9H2,(H,16,17)(H,18,19). The number of aliphatic carboxylic acids is 1. The van der Waals surface area contributed by atoms with Crippen molar-refractivity contribution in [1.29, 1.82) is 0 Å². The molecule has 0 aromatic heterocycles. The molecule has 0 aliphatic carbocycles. The van der Waals surface area contributed by atoms with E-state index >= 15 is 0 Å². The molecule has 1 aliphatic rings. The van der Waals surface area contributed by atoms with Crippen molar-refractivity contribution in [3.8, 4) is 5.75 Å². The molecule has 0 bridgehead atoms. The van der Waals surface area contributed by atoms with Crippen LogP contribution in [0.3, 0.4) is 0 Å². The van der Waals surface area contributed by atoms with Crippen molar-refractivity contribution in [3.05, 3.63) is 28.7 Å². The highest BCUT2D eigenvalue weighted by molar-refractivity contribution is 9.10. The van der Waals surface area contributed by atoms with Crippen LogP contribution in [0.15, 0.2) is 28.7 Å². The third-order valence-corrected chi connectivity index (χ3v) is 3.85. The van der Waals surface area contributed by atoms with E-state index in [1.807, 2.05) is 12.1 Å². The molecular formula is C14H16BrNO5. The van der Waals surface area contributed by atoms with Crippen molar-refractivity contribution < 1.29 is 24.2 Å². The number of hydrogen-bond donors (Lipinski definition) is 2. The normalized spacial score (nSPS) is 21.0. The third kappa shape index (κ3) is 4.44. The van der Waals surface area contributed by atoms with Crippen molar-refractivity contribution >= 4 is 27.8 Å². The van der Waals surface area contributed by atoms with Gasteiger partial charge in [-0.1, -0.05) is 12.1 Å². The van der Waals surface area contributed by atoms with Crippen LogP contribution >= 0.6 is 15.9 Å². The second-order valence-corrected chi connectivity index (χ2v) is 5.78. The van der Waals surface area contributed by atoms with Gasteiger partial charge in [0.05, 0.1) is 23.0 Å². The predicted molar refractivity (Wildman–Crippen MR) is 78.2 cm³/mol. The topological polar surface area (TPSA) is 84.9 Å². The lowest BCUT2D eigenvalue weighted by Gasteiger charge is -2.26. The van der Waals surface area contributed by atoms with E-state index in [0.717, 1.165) is 4.47 Å². The molecule has 2 rings (SSSR count). The Kier molecular flexibility index (Phi) is 5.19. The molecule has 1 aromatic carbocycles. The van der Waals surface area contributed by atoms with E-state index in [1.54, 1.807) is 12.1 Å². The number of carbonyl (C=O) groups excluding carboxylic acids is 1. The smallest absolute Gasteiger partial charge is 0.305 e. The van der Waals surface area contributed by atoms with Gasteiger partial charge in [0, 0.05) is 6.61 Å². The van der Waals surface area contributed by atoms with Crippen molar-refractivity contribution in [2.75, 3.05) is 19.8 Å². The largest absolute Gasteiger partial charge is 0.483 e. The summed E-state index contributed by atoms with van der Waals surface area (Å²) in [5.41, 5.74) is -0.833. The van der Waals surface area contributed by atoms with Crippen molar-refractivity contribution in [3.63, 3.8) is 0 Å². The number of para-hydroxylation sites is 1. The molecule has 21 heavy (non-hydrogen) atoms. The van der Waals surface area contributed by atoms with Crippen LogP contribution in [0.4, 0.5) is 0 Å². The first-order valence-electron chi connectivity index (χ1n) is 6.49. The quantitative estimate of drug-likeness (QED) is 0.807. The third-order valence-electron chi connectivity index (χ3n) is 3.19. The lowest BCUT2D eigenvalue weighted by atomic mass is 9.94. The van der Waals surface area contributed by atoms with Crippen molar-refractivity contribution in [1.82, 2.24) is 5.32 Å². The molecule has 1 fully saturated rings. The lowest BCUT2D eigenvalue weighted by molar-refractivity contribution is -0.139. The zero-order valence-corrected chi connectivity index (χ0v) is 12.9. The maximum atomic E-state index is 12.0. The van der Waals surface area contributed by atoms with Gasteiger partial charge < -0.3 is 19.9 Å². The molecule has 1 aromatic rings. The van der Waals surface area contributed by atoms with E-state index in [0.29, 0.717) is 18.8 Å². The summed E-state index contributed by atoms with van der Waals surface area (Å²) in [6, 6.07) is 7.19. The summed E-state index contributed by atoms with van der Waals surface area (Å²) in [7, 11) is 0. The first kappa shape index (κ1) is 15.8. The summed E-state index contributed by atoms with van der Waals surface area (Å²) in [6.45, 7) is 0.475. The Labute approximate surface area is 130 Å². The first-order chi connectivity index (χ1) is 10.0. The Morgan fingerprint density at radius 1 is 1.43 bits per heavy atom. The number of carbonyl (C=O) groups is 2. The van der Waals surface area contributed by atoms with E-state index in [4.69, 9.17) is 14.6 Å². The number of carboxylic acid groups (broad SMARTS) is 1. The summed E-state index contributed by atoms with van der Waals surface area (Å²) >= 11 is 3.32. The highest BCUT2D eigenvalue weighted by Crippen LogP contribution is 2.24. The van der Waals surface area contributed by atoms with E-state index in [1.165, 1.54) is 0 Å². The van der Waals surface area contributed by atoms with Gasteiger partial charge in [0.15, 0.2) is 6.61 Å². The molecule has 0 spiro atoms. The Balaban J connectivity index is 1.91. The van der Waals surface area contributed by atoms with Gasteiger partial charge in [0.2, 0.25) is 0 Å². The number of amides is 1. The molecule has 1 amide bonds. The summed E-state index contributed by atoms with van der Waals surface area (Å²) in [4.78, 5) is 22.9. The molecule has 1 heterocycles. The number of rotatable bonds is 6. The van der Waals surface area contributed by atoms with Gasteiger partial charge in [0.25, 0.3) is 5.91 Å². The van der Waals surface area contributed by atoms with E-state index in [2.05, 4.69) is 21.2 Å². The van der Waals surface area contributed by atoms with Crippen LogP contribution in [0.2, 0.25) is 0 Å². The Morgan fingerprint density at radius 3 is 2.81 bits per heavy atom. The van der Waals surface area contributed by atoms with Crippen LogP contribution in [0.25, 0.3) is 0 Å². The number of hydrogen-bond acceptors (Lipinski definition) is 4. The second kappa shape index (κ2) is 6.91. The summed E-state index contributed by atoms with van der Waals surface area (Å²) in [5.74, 6) is -0.771. The van der Waals surface area contributed by atoms with Crippen LogP contribution < -0.4 is 10.1 Å². The number of halogens is 1. The maximum absolute atomic E-state index is 12.0. The Bertz CT molecular complexity index is 528. The fourth-order valence-electron chi connectivity index (χ4n) is 2.22. The van der Waals surface area contributed by atoms with Crippen LogP contribution in [0.5, 0.6) is 5.75 Å². The first-order valence-corrected chi connectivity index (χ1v) is 7.28. The zero-order valence-electron chi connectivity index (χ0n) is 11.3. The SMILES string of the molecule is O=C(O)CC1(NC(=O)COc2ccccc2Br)CCOC1.